The Morgan fingerprint density at radius 2 is 2.00 bits per heavy atom. The second-order valence-corrected chi connectivity index (χ2v) is 7.98. The average Bonchev–Trinajstić information content (AvgIpc) is 2.82. The normalized spacial score (nSPS) is 14.1. The fourth-order valence-electron chi connectivity index (χ4n) is 3.43. The first-order valence-corrected chi connectivity index (χ1v) is 10.4. The number of hydrogen-bond donors (Lipinski definition) is 1. The Hall–Kier alpha value is -1.85. The summed E-state index contributed by atoms with van der Waals surface area (Å²) in [6.07, 6.45) is 6.94. The molecule has 26 heavy (non-hydrogen) atoms. The predicted molar refractivity (Wildman–Crippen MR) is 109 cm³/mol. The number of ether oxygens (including phenoxy) is 1. The van der Waals surface area contributed by atoms with Gasteiger partial charge in [-0.05, 0) is 61.4 Å². The number of rotatable bonds is 5. The van der Waals surface area contributed by atoms with Gasteiger partial charge in [0.25, 0.3) is 0 Å². The maximum absolute atomic E-state index is 6.22. The van der Waals surface area contributed by atoms with E-state index in [1.165, 1.54) is 29.7 Å². The molecule has 0 unspecified atom stereocenters. The Balaban J connectivity index is 1.78. The number of nitrogens with one attached hydrogen (secondary N) is 1. The summed E-state index contributed by atoms with van der Waals surface area (Å²) in [6.45, 7) is 2.79. The molecule has 0 saturated carbocycles. The highest BCUT2D eigenvalue weighted by Gasteiger charge is 2.20. The molecule has 0 saturated heterocycles. The molecule has 2 aromatic heterocycles. The number of para-hydroxylation sites is 2. The van der Waals surface area contributed by atoms with Gasteiger partial charge < -0.3 is 10.1 Å². The van der Waals surface area contributed by atoms with Gasteiger partial charge in [-0.1, -0.05) is 25.5 Å². The van der Waals surface area contributed by atoms with Gasteiger partial charge in [0.15, 0.2) is 0 Å². The third kappa shape index (κ3) is 3.51. The van der Waals surface area contributed by atoms with Crippen molar-refractivity contribution >= 4 is 44.7 Å². The van der Waals surface area contributed by atoms with Gasteiger partial charge in [-0.15, -0.1) is 11.3 Å². The first kappa shape index (κ1) is 17.6. The van der Waals surface area contributed by atoms with Crippen LogP contribution in [0.4, 0.5) is 11.5 Å². The van der Waals surface area contributed by atoms with E-state index in [0.29, 0.717) is 6.61 Å². The number of thiophene rings is 1. The number of nitrogens with zero attached hydrogens (tertiary/aromatic N) is 2. The van der Waals surface area contributed by atoms with Crippen LogP contribution in [-0.2, 0) is 12.8 Å². The van der Waals surface area contributed by atoms with Crippen molar-refractivity contribution in [1.29, 1.82) is 0 Å². The van der Waals surface area contributed by atoms with E-state index < -0.39 is 0 Å². The number of hydrogen-bond acceptors (Lipinski definition) is 5. The minimum atomic E-state index is 0.281. The molecule has 4 rings (SSSR count). The monoisotopic (exact) mass is 387 g/mol. The van der Waals surface area contributed by atoms with Gasteiger partial charge in [0.1, 0.15) is 16.4 Å². The van der Waals surface area contributed by atoms with Crippen molar-refractivity contribution in [3.8, 4) is 5.75 Å². The zero-order valence-corrected chi connectivity index (χ0v) is 16.4. The molecule has 0 atom stereocenters. The van der Waals surface area contributed by atoms with E-state index in [1.807, 2.05) is 24.3 Å². The fourth-order valence-corrected chi connectivity index (χ4v) is 4.91. The standard InChI is InChI=1S/C20H22ClN3OS/c1-2-12-25-15-10-7-6-9-14(15)22-18-17-13-8-4-3-5-11-16(13)26-19(17)24-20(21)23-18/h6-7,9-10H,2-5,8,11-12H2,1H3,(H,22,23,24). The molecule has 136 valence electrons. The molecule has 0 spiro atoms. The Morgan fingerprint density at radius 3 is 2.88 bits per heavy atom. The molecule has 0 fully saturated rings. The van der Waals surface area contributed by atoms with Crippen LogP contribution in [0.2, 0.25) is 5.28 Å². The molecule has 6 heteroatoms. The van der Waals surface area contributed by atoms with Crippen LogP contribution in [0.15, 0.2) is 24.3 Å². The van der Waals surface area contributed by atoms with Crippen molar-refractivity contribution in [2.45, 2.75) is 45.4 Å². The molecule has 0 bridgehead atoms. The van der Waals surface area contributed by atoms with Gasteiger partial charge in [0.05, 0.1) is 17.7 Å². The summed E-state index contributed by atoms with van der Waals surface area (Å²) in [5, 5.41) is 4.88. The lowest BCUT2D eigenvalue weighted by Gasteiger charge is -2.13. The molecule has 2 heterocycles. The van der Waals surface area contributed by atoms with Crippen molar-refractivity contribution in [1.82, 2.24) is 9.97 Å². The van der Waals surface area contributed by atoms with Crippen LogP contribution in [0, 0.1) is 0 Å². The number of benzene rings is 1. The van der Waals surface area contributed by atoms with Crippen molar-refractivity contribution < 1.29 is 4.74 Å². The zero-order valence-electron chi connectivity index (χ0n) is 14.8. The van der Waals surface area contributed by atoms with E-state index in [1.54, 1.807) is 11.3 Å². The summed E-state index contributed by atoms with van der Waals surface area (Å²) < 4.78 is 5.88. The Kier molecular flexibility index (Phi) is 5.27. The molecule has 1 aliphatic rings. The molecule has 1 N–H and O–H groups in total. The summed E-state index contributed by atoms with van der Waals surface area (Å²) in [4.78, 5) is 11.4. The van der Waals surface area contributed by atoms with E-state index in [4.69, 9.17) is 16.3 Å². The summed E-state index contributed by atoms with van der Waals surface area (Å²) in [7, 11) is 0. The number of anilines is 2. The molecule has 0 amide bonds. The van der Waals surface area contributed by atoms with Crippen LogP contribution >= 0.6 is 22.9 Å². The number of aromatic nitrogens is 2. The van der Waals surface area contributed by atoms with E-state index >= 15 is 0 Å². The second-order valence-electron chi connectivity index (χ2n) is 6.56. The lowest BCUT2D eigenvalue weighted by molar-refractivity contribution is 0.319. The SMILES string of the molecule is CCCOc1ccccc1Nc1nc(Cl)nc2sc3c(c12)CCCCC3. The highest BCUT2D eigenvalue weighted by molar-refractivity contribution is 7.19. The Morgan fingerprint density at radius 1 is 1.15 bits per heavy atom. The van der Waals surface area contributed by atoms with E-state index in [2.05, 4.69) is 22.2 Å². The Bertz CT molecular complexity index is 925. The minimum Gasteiger partial charge on any atom is -0.491 e. The molecular formula is C20H22ClN3OS. The van der Waals surface area contributed by atoms with E-state index in [-0.39, 0.29) is 5.28 Å². The summed E-state index contributed by atoms with van der Waals surface area (Å²) in [5.41, 5.74) is 2.30. The molecule has 0 radical (unpaired) electrons. The fraction of sp³-hybridized carbons (Fsp3) is 0.400. The van der Waals surface area contributed by atoms with Gasteiger partial charge in [-0.25, -0.2) is 4.98 Å². The van der Waals surface area contributed by atoms with E-state index in [0.717, 1.165) is 46.7 Å². The number of halogens is 1. The van der Waals surface area contributed by atoms with Crippen LogP contribution in [0.3, 0.4) is 0 Å². The van der Waals surface area contributed by atoms with Crippen molar-refractivity contribution in [2.75, 3.05) is 11.9 Å². The molecule has 3 aromatic rings. The molecule has 4 nitrogen and oxygen atoms in total. The number of fused-ring (bicyclic) bond motifs is 3. The summed E-state index contributed by atoms with van der Waals surface area (Å²) in [6, 6.07) is 7.97. The van der Waals surface area contributed by atoms with Gasteiger partial charge in [-0.2, -0.15) is 4.98 Å². The minimum absolute atomic E-state index is 0.281. The lowest BCUT2D eigenvalue weighted by Crippen LogP contribution is -2.02. The first-order chi connectivity index (χ1) is 12.8. The maximum Gasteiger partial charge on any atom is 0.225 e. The Labute approximate surface area is 162 Å². The third-order valence-electron chi connectivity index (χ3n) is 4.64. The van der Waals surface area contributed by atoms with Crippen LogP contribution in [-0.4, -0.2) is 16.6 Å². The van der Waals surface area contributed by atoms with Gasteiger partial charge in [0.2, 0.25) is 5.28 Å². The highest BCUT2D eigenvalue weighted by Crippen LogP contribution is 2.40. The maximum atomic E-state index is 6.22. The smallest absolute Gasteiger partial charge is 0.225 e. The van der Waals surface area contributed by atoms with Crippen LogP contribution in [0.5, 0.6) is 5.75 Å². The van der Waals surface area contributed by atoms with E-state index in [9.17, 15) is 0 Å². The quantitative estimate of drug-likeness (QED) is 0.421. The van der Waals surface area contributed by atoms with Crippen LogP contribution < -0.4 is 10.1 Å². The van der Waals surface area contributed by atoms with Crippen molar-refractivity contribution in [2.24, 2.45) is 0 Å². The predicted octanol–water partition coefficient (Wildman–Crippen LogP) is 6.15. The molecule has 0 aliphatic heterocycles. The second kappa shape index (κ2) is 7.80. The van der Waals surface area contributed by atoms with Crippen molar-refractivity contribution in [3.05, 3.63) is 40.0 Å². The van der Waals surface area contributed by atoms with Gasteiger partial charge in [0, 0.05) is 4.88 Å². The zero-order chi connectivity index (χ0) is 17.9. The largest absolute Gasteiger partial charge is 0.491 e. The average molecular weight is 388 g/mol. The summed E-state index contributed by atoms with van der Waals surface area (Å²) in [5.74, 6) is 1.62. The summed E-state index contributed by atoms with van der Waals surface area (Å²) >= 11 is 7.99. The lowest BCUT2D eigenvalue weighted by atomic mass is 10.1. The van der Waals surface area contributed by atoms with Crippen LogP contribution in [0.1, 0.15) is 43.0 Å². The highest BCUT2D eigenvalue weighted by atomic mass is 35.5. The van der Waals surface area contributed by atoms with Crippen LogP contribution in [0.25, 0.3) is 10.2 Å². The molecular weight excluding hydrogens is 366 g/mol. The topological polar surface area (TPSA) is 47.0 Å². The van der Waals surface area contributed by atoms with Gasteiger partial charge >= 0.3 is 0 Å². The molecule has 1 aromatic carbocycles. The molecule has 1 aliphatic carbocycles. The number of aryl methyl sites for hydroxylation is 2. The third-order valence-corrected chi connectivity index (χ3v) is 5.99. The first-order valence-electron chi connectivity index (χ1n) is 9.23. The van der Waals surface area contributed by atoms with Gasteiger partial charge in [-0.3, -0.25) is 0 Å². The van der Waals surface area contributed by atoms with Crippen molar-refractivity contribution in [3.63, 3.8) is 0 Å².